The van der Waals surface area contributed by atoms with Crippen molar-refractivity contribution in [3.05, 3.63) is 29.8 Å². The number of benzene rings is 1. The van der Waals surface area contributed by atoms with Gasteiger partial charge in [-0.25, -0.2) is 0 Å². The summed E-state index contributed by atoms with van der Waals surface area (Å²) in [6.07, 6.45) is 0. The van der Waals surface area contributed by atoms with Gasteiger partial charge < -0.3 is 0 Å². The minimum absolute atomic E-state index is 0. The van der Waals surface area contributed by atoms with Crippen LogP contribution >= 0.6 is 24.8 Å². The van der Waals surface area contributed by atoms with E-state index >= 15 is 0 Å². The molecular formula is C9H15Cl2NSn. The third kappa shape index (κ3) is 4.54. The summed E-state index contributed by atoms with van der Waals surface area (Å²) in [4.78, 5) is 2.32. The van der Waals surface area contributed by atoms with E-state index in [0.717, 1.165) is 0 Å². The zero-order chi connectivity index (χ0) is 8.27. The fourth-order valence-corrected chi connectivity index (χ4v) is 3.58. The Morgan fingerprint density at radius 1 is 1.23 bits per heavy atom. The number of hydrogen-bond acceptors (Lipinski definition) is 1. The van der Waals surface area contributed by atoms with Gasteiger partial charge in [0.25, 0.3) is 0 Å². The second-order valence-corrected chi connectivity index (χ2v) is 5.59. The third-order valence-corrected chi connectivity index (χ3v) is 4.56. The molecular weight excluding hydrogens is 312 g/mol. The van der Waals surface area contributed by atoms with Crippen LogP contribution in [0, 0.1) is 0 Å². The van der Waals surface area contributed by atoms with E-state index in [2.05, 4.69) is 29.2 Å². The average molecular weight is 327 g/mol. The van der Waals surface area contributed by atoms with Crippen LogP contribution in [-0.4, -0.2) is 21.1 Å². The molecule has 0 aliphatic carbocycles. The molecule has 0 saturated carbocycles. The van der Waals surface area contributed by atoms with Crippen molar-refractivity contribution < 1.29 is 0 Å². The molecule has 74 valence electrons. The molecule has 0 saturated heterocycles. The fourth-order valence-electron chi connectivity index (χ4n) is 1.12. The molecule has 0 aliphatic rings. The van der Waals surface area contributed by atoms with Gasteiger partial charge in [0.1, 0.15) is 0 Å². The van der Waals surface area contributed by atoms with Gasteiger partial charge in [0.2, 0.25) is 0 Å². The number of hydrogen-bond donors (Lipinski definition) is 1. The Bertz CT molecular complexity index is 241. The molecule has 0 aromatic heterocycles. The van der Waals surface area contributed by atoms with Crippen molar-refractivity contribution in [1.29, 1.82) is 0 Å². The molecule has 13 heavy (non-hydrogen) atoms. The molecule has 0 amide bonds. The summed E-state index contributed by atoms with van der Waals surface area (Å²) in [7, 11) is 0. The van der Waals surface area contributed by atoms with Gasteiger partial charge in [-0.2, -0.15) is 0 Å². The summed E-state index contributed by atoms with van der Waals surface area (Å²) in [5, 5.41) is 0. The van der Waals surface area contributed by atoms with E-state index in [-0.39, 0.29) is 52.0 Å². The Balaban J connectivity index is 0. The molecule has 0 aliphatic heterocycles. The molecule has 1 atom stereocenters. The molecule has 2 radical (unpaired) electrons. The molecule has 0 fully saturated rings. The van der Waals surface area contributed by atoms with Crippen molar-refractivity contribution in [3.8, 4) is 0 Å². The predicted molar refractivity (Wildman–Crippen MR) is 64.8 cm³/mol. The van der Waals surface area contributed by atoms with Crippen LogP contribution in [0.25, 0.3) is 0 Å². The maximum atomic E-state index is 5.82. The molecule has 2 N–H and O–H groups in total. The van der Waals surface area contributed by atoms with Gasteiger partial charge in [-0.05, 0) is 0 Å². The first kappa shape index (κ1) is 16.0. The van der Waals surface area contributed by atoms with Crippen molar-refractivity contribution in [2.24, 2.45) is 5.73 Å². The van der Waals surface area contributed by atoms with E-state index in [9.17, 15) is 0 Å². The van der Waals surface area contributed by atoms with E-state index in [1.165, 1.54) is 9.14 Å². The zero-order valence-electron chi connectivity index (χ0n) is 7.78. The molecule has 1 nitrogen and oxygen atoms in total. The first-order valence-electron chi connectivity index (χ1n) is 3.78. The molecule has 1 aromatic rings. The van der Waals surface area contributed by atoms with Crippen LogP contribution in [0.15, 0.2) is 24.3 Å². The van der Waals surface area contributed by atoms with E-state index in [4.69, 9.17) is 5.73 Å². The van der Waals surface area contributed by atoms with E-state index in [1.807, 2.05) is 6.92 Å². The van der Waals surface area contributed by atoms with Crippen molar-refractivity contribution in [1.82, 2.24) is 0 Å². The summed E-state index contributed by atoms with van der Waals surface area (Å²) in [6.45, 7) is 2.05. The monoisotopic (exact) mass is 327 g/mol. The Kier molecular flexibility index (Phi) is 9.75. The molecule has 1 aromatic carbocycles. The quantitative estimate of drug-likeness (QED) is 0.826. The Labute approximate surface area is 103 Å². The van der Waals surface area contributed by atoms with Crippen LogP contribution < -0.4 is 9.31 Å². The predicted octanol–water partition coefficient (Wildman–Crippen LogP) is 1.93. The number of halogens is 2. The SMILES string of the molecule is Cl.Cl.[CH3][Sn][c]1ccccc1C(C)N. The molecule has 0 spiro atoms. The van der Waals surface area contributed by atoms with Gasteiger partial charge in [0.05, 0.1) is 0 Å². The normalized spacial score (nSPS) is 11.0. The van der Waals surface area contributed by atoms with E-state index < -0.39 is 0 Å². The van der Waals surface area contributed by atoms with Gasteiger partial charge in [-0.1, -0.05) is 0 Å². The van der Waals surface area contributed by atoms with Crippen LogP contribution in [0.2, 0.25) is 4.94 Å². The van der Waals surface area contributed by atoms with Crippen LogP contribution in [0.4, 0.5) is 0 Å². The summed E-state index contributed by atoms with van der Waals surface area (Å²) < 4.78 is 1.53. The van der Waals surface area contributed by atoms with Crippen LogP contribution in [0.5, 0.6) is 0 Å². The van der Waals surface area contributed by atoms with Crippen LogP contribution in [0.3, 0.4) is 0 Å². The molecule has 0 bridgehead atoms. The van der Waals surface area contributed by atoms with Gasteiger partial charge in [-0.3, -0.25) is 0 Å². The first-order valence-corrected chi connectivity index (χ1v) is 8.06. The van der Waals surface area contributed by atoms with Crippen molar-refractivity contribution in [2.45, 2.75) is 17.9 Å². The van der Waals surface area contributed by atoms with Gasteiger partial charge in [0, 0.05) is 0 Å². The van der Waals surface area contributed by atoms with Crippen LogP contribution in [-0.2, 0) is 0 Å². The standard InChI is InChI=1S/C8H10N.CH3.2ClH.Sn/c1-7(9)8-5-3-2-4-6-8;;;;/h2-5,7H,9H2,1H3;1H3;2*1H;. The van der Waals surface area contributed by atoms with Crippen molar-refractivity contribution in [2.75, 3.05) is 0 Å². The second-order valence-electron chi connectivity index (χ2n) is 2.63. The molecule has 1 rings (SSSR count). The average Bonchev–Trinajstić information content (AvgIpc) is 2.04. The molecule has 1 unspecified atom stereocenters. The Hall–Kier alpha value is 0.559. The zero-order valence-corrected chi connectivity index (χ0v) is 12.3. The van der Waals surface area contributed by atoms with Crippen molar-refractivity contribution >= 4 is 49.5 Å². The van der Waals surface area contributed by atoms with Crippen LogP contribution in [0.1, 0.15) is 18.5 Å². The maximum absolute atomic E-state index is 5.82. The van der Waals surface area contributed by atoms with Gasteiger partial charge >= 0.3 is 78.2 Å². The Morgan fingerprint density at radius 2 is 1.77 bits per heavy atom. The van der Waals surface area contributed by atoms with Gasteiger partial charge in [0.15, 0.2) is 0 Å². The molecule has 4 heteroatoms. The summed E-state index contributed by atoms with van der Waals surface area (Å²) in [5.74, 6) is 0. The second kappa shape index (κ2) is 7.92. The van der Waals surface area contributed by atoms with Crippen molar-refractivity contribution in [3.63, 3.8) is 0 Å². The Morgan fingerprint density at radius 3 is 2.15 bits per heavy atom. The number of rotatable bonds is 2. The number of nitrogens with two attached hydrogens (primary N) is 1. The third-order valence-electron chi connectivity index (χ3n) is 1.72. The minimum atomic E-state index is -0.313. The van der Waals surface area contributed by atoms with E-state index in [0.29, 0.717) is 0 Å². The summed E-state index contributed by atoms with van der Waals surface area (Å²) in [6, 6.07) is 8.73. The van der Waals surface area contributed by atoms with Gasteiger partial charge in [-0.15, -0.1) is 24.8 Å². The van der Waals surface area contributed by atoms with E-state index in [1.54, 1.807) is 0 Å². The topological polar surface area (TPSA) is 26.0 Å². The molecule has 0 heterocycles. The summed E-state index contributed by atoms with van der Waals surface area (Å²) >= 11 is -0.313. The first-order chi connectivity index (χ1) is 5.25. The fraction of sp³-hybridized carbons (Fsp3) is 0.333. The summed E-state index contributed by atoms with van der Waals surface area (Å²) in [5.41, 5.74) is 7.17.